The Balaban J connectivity index is 1.60. The fourth-order valence-corrected chi connectivity index (χ4v) is 2.91. The van der Waals surface area contributed by atoms with E-state index in [1.165, 1.54) is 5.56 Å². The number of aryl methyl sites for hydroxylation is 1. The van der Waals surface area contributed by atoms with Crippen LogP contribution < -0.4 is 0 Å². The molecule has 130 valence electrons. The van der Waals surface area contributed by atoms with Gasteiger partial charge in [-0.2, -0.15) is 10.3 Å². The lowest BCUT2D eigenvalue weighted by molar-refractivity contribution is 0.576. The van der Waals surface area contributed by atoms with Crippen molar-refractivity contribution < 1.29 is 0 Å². The number of aromatic nitrogens is 8. The number of benzene rings is 1. The topological polar surface area (TPSA) is 98.1 Å². The van der Waals surface area contributed by atoms with Crippen LogP contribution in [-0.4, -0.2) is 40.4 Å². The molecule has 26 heavy (non-hydrogen) atoms. The van der Waals surface area contributed by atoms with Crippen LogP contribution in [0.15, 0.2) is 49.1 Å². The number of rotatable bonds is 6. The van der Waals surface area contributed by atoms with Crippen molar-refractivity contribution >= 4 is 0 Å². The van der Waals surface area contributed by atoms with Crippen LogP contribution in [0, 0.1) is 0 Å². The van der Waals surface area contributed by atoms with Crippen LogP contribution in [0.4, 0.5) is 0 Å². The normalized spacial score (nSPS) is 11.0. The molecule has 0 aliphatic heterocycles. The second kappa shape index (κ2) is 7.22. The van der Waals surface area contributed by atoms with E-state index in [0.717, 1.165) is 41.9 Å². The number of pyridine rings is 1. The summed E-state index contributed by atoms with van der Waals surface area (Å²) in [6, 6.07) is 10.4. The first kappa shape index (κ1) is 16.1. The molecule has 0 saturated heterocycles. The number of aromatic amines is 1. The molecule has 3 aromatic heterocycles. The largest absolute Gasteiger partial charge is 0.264 e. The molecule has 0 aliphatic carbocycles. The van der Waals surface area contributed by atoms with Gasteiger partial charge in [0.15, 0.2) is 0 Å². The van der Waals surface area contributed by atoms with Crippen LogP contribution in [-0.2, 0) is 13.0 Å². The quantitative estimate of drug-likeness (QED) is 0.576. The molecule has 0 amide bonds. The van der Waals surface area contributed by atoms with E-state index in [1.54, 1.807) is 18.7 Å². The predicted molar refractivity (Wildman–Crippen MR) is 96.0 cm³/mol. The van der Waals surface area contributed by atoms with E-state index >= 15 is 0 Å². The lowest BCUT2D eigenvalue weighted by atomic mass is 9.99. The second-order valence-electron chi connectivity index (χ2n) is 5.93. The molecule has 1 aromatic carbocycles. The van der Waals surface area contributed by atoms with Gasteiger partial charge in [-0.25, -0.2) is 9.67 Å². The van der Waals surface area contributed by atoms with E-state index in [4.69, 9.17) is 0 Å². The van der Waals surface area contributed by atoms with Gasteiger partial charge in [-0.3, -0.25) is 4.98 Å². The van der Waals surface area contributed by atoms with E-state index < -0.39 is 0 Å². The molecule has 0 fully saturated rings. The predicted octanol–water partition coefficient (Wildman–Crippen LogP) is 2.52. The molecular weight excluding hydrogens is 328 g/mol. The van der Waals surface area contributed by atoms with Crippen LogP contribution in [0.2, 0.25) is 0 Å². The van der Waals surface area contributed by atoms with Gasteiger partial charge in [0, 0.05) is 30.9 Å². The molecule has 1 N–H and O–H groups in total. The van der Waals surface area contributed by atoms with Crippen LogP contribution >= 0.6 is 0 Å². The van der Waals surface area contributed by atoms with Crippen molar-refractivity contribution in [1.29, 1.82) is 0 Å². The van der Waals surface area contributed by atoms with Crippen LogP contribution in [0.5, 0.6) is 0 Å². The van der Waals surface area contributed by atoms with Gasteiger partial charge in [-0.05, 0) is 34.4 Å². The Morgan fingerprint density at radius 3 is 2.73 bits per heavy atom. The summed E-state index contributed by atoms with van der Waals surface area (Å²) in [5.74, 6) is 1.51. The third-order valence-corrected chi connectivity index (χ3v) is 4.17. The Morgan fingerprint density at radius 2 is 1.96 bits per heavy atom. The Kier molecular flexibility index (Phi) is 4.46. The summed E-state index contributed by atoms with van der Waals surface area (Å²) in [7, 11) is 0. The third kappa shape index (κ3) is 3.21. The first-order chi connectivity index (χ1) is 12.8. The second-order valence-corrected chi connectivity index (χ2v) is 5.93. The molecule has 8 nitrogen and oxygen atoms in total. The zero-order valence-electron chi connectivity index (χ0n) is 14.4. The fraction of sp³-hybridized carbons (Fsp3) is 0.222. The summed E-state index contributed by atoms with van der Waals surface area (Å²) in [6.07, 6.45) is 6.93. The van der Waals surface area contributed by atoms with Gasteiger partial charge in [-0.1, -0.05) is 31.2 Å². The highest BCUT2D eigenvalue weighted by atomic mass is 15.5. The van der Waals surface area contributed by atoms with Gasteiger partial charge in [0.05, 0.1) is 0 Å². The van der Waals surface area contributed by atoms with E-state index in [-0.39, 0.29) is 0 Å². The highest BCUT2D eigenvalue weighted by Gasteiger charge is 2.11. The maximum Gasteiger partial charge on any atom is 0.206 e. The molecule has 3 heterocycles. The van der Waals surface area contributed by atoms with Gasteiger partial charge in [0.25, 0.3) is 0 Å². The molecule has 0 atom stereocenters. The molecule has 0 unspecified atom stereocenters. The average molecular weight is 346 g/mol. The number of tetrazole rings is 1. The number of nitrogens with one attached hydrogen (secondary N) is 1. The molecule has 0 saturated carbocycles. The molecular formula is C18H18N8. The van der Waals surface area contributed by atoms with Gasteiger partial charge in [-0.15, -0.1) is 10.2 Å². The molecule has 0 radical (unpaired) electrons. The number of nitrogens with zero attached hydrogens (tertiary/aromatic N) is 7. The SMILES string of the molecule is CCCn1ncnc1Cc1ccc(-c2ccncc2-c2nn[nH]n2)cc1. The lowest BCUT2D eigenvalue weighted by Crippen LogP contribution is -2.05. The van der Waals surface area contributed by atoms with Crippen molar-refractivity contribution in [2.24, 2.45) is 0 Å². The van der Waals surface area contributed by atoms with Gasteiger partial charge < -0.3 is 0 Å². The minimum Gasteiger partial charge on any atom is -0.264 e. The molecule has 4 aromatic rings. The fourth-order valence-electron chi connectivity index (χ4n) is 2.91. The maximum atomic E-state index is 4.38. The zero-order valence-corrected chi connectivity index (χ0v) is 14.4. The van der Waals surface area contributed by atoms with Gasteiger partial charge >= 0.3 is 0 Å². The summed E-state index contributed by atoms with van der Waals surface area (Å²) in [5, 5.41) is 18.5. The Morgan fingerprint density at radius 1 is 1.08 bits per heavy atom. The Labute approximate surface area is 150 Å². The van der Waals surface area contributed by atoms with Crippen molar-refractivity contribution in [1.82, 2.24) is 40.4 Å². The van der Waals surface area contributed by atoms with Crippen molar-refractivity contribution in [2.75, 3.05) is 0 Å². The lowest BCUT2D eigenvalue weighted by Gasteiger charge is -2.08. The zero-order chi connectivity index (χ0) is 17.8. The first-order valence-corrected chi connectivity index (χ1v) is 8.49. The number of H-pyrrole nitrogens is 1. The summed E-state index contributed by atoms with van der Waals surface area (Å²) < 4.78 is 1.96. The molecule has 0 spiro atoms. The summed E-state index contributed by atoms with van der Waals surface area (Å²) >= 11 is 0. The van der Waals surface area contributed by atoms with Crippen molar-refractivity contribution in [2.45, 2.75) is 26.3 Å². The summed E-state index contributed by atoms with van der Waals surface area (Å²) in [5.41, 5.74) is 4.12. The van der Waals surface area contributed by atoms with Crippen molar-refractivity contribution in [3.63, 3.8) is 0 Å². The minimum atomic E-state index is 0.532. The Bertz CT molecular complexity index is 973. The van der Waals surface area contributed by atoms with Crippen molar-refractivity contribution in [3.8, 4) is 22.5 Å². The highest BCUT2D eigenvalue weighted by Crippen LogP contribution is 2.29. The number of hydrogen-bond donors (Lipinski definition) is 1. The van der Waals surface area contributed by atoms with Crippen LogP contribution in [0.3, 0.4) is 0 Å². The Hall–Kier alpha value is -3.42. The minimum absolute atomic E-state index is 0.532. The van der Waals surface area contributed by atoms with Crippen LogP contribution in [0.25, 0.3) is 22.5 Å². The maximum absolute atomic E-state index is 4.38. The third-order valence-electron chi connectivity index (χ3n) is 4.17. The molecule has 4 rings (SSSR count). The van der Waals surface area contributed by atoms with Crippen LogP contribution in [0.1, 0.15) is 24.7 Å². The summed E-state index contributed by atoms with van der Waals surface area (Å²) in [6.45, 7) is 3.02. The average Bonchev–Trinajstić information content (AvgIpc) is 3.36. The van der Waals surface area contributed by atoms with E-state index in [2.05, 4.69) is 66.9 Å². The molecule has 0 bridgehead atoms. The standard InChI is InChI=1S/C18H18N8/c1-2-9-26-17(20-12-21-26)10-13-3-5-14(6-4-13)15-7-8-19-11-16(15)18-22-24-25-23-18/h3-8,11-12H,2,9-10H2,1H3,(H,22,23,24,25). The number of hydrogen-bond acceptors (Lipinski definition) is 6. The van der Waals surface area contributed by atoms with E-state index in [1.807, 2.05) is 10.7 Å². The first-order valence-electron chi connectivity index (χ1n) is 8.49. The monoisotopic (exact) mass is 346 g/mol. The molecule has 0 aliphatic rings. The van der Waals surface area contributed by atoms with Gasteiger partial charge in [0.2, 0.25) is 5.82 Å². The summed E-state index contributed by atoms with van der Waals surface area (Å²) in [4.78, 5) is 8.56. The van der Waals surface area contributed by atoms with Gasteiger partial charge in [0.1, 0.15) is 12.2 Å². The smallest absolute Gasteiger partial charge is 0.206 e. The van der Waals surface area contributed by atoms with E-state index in [9.17, 15) is 0 Å². The van der Waals surface area contributed by atoms with Crippen molar-refractivity contribution in [3.05, 3.63) is 60.4 Å². The van der Waals surface area contributed by atoms with E-state index in [0.29, 0.717) is 5.82 Å². The molecule has 8 heteroatoms. The highest BCUT2D eigenvalue weighted by molar-refractivity contribution is 5.79.